The predicted octanol–water partition coefficient (Wildman–Crippen LogP) is 4.78. The zero-order valence-electron chi connectivity index (χ0n) is 12.5. The number of hydrogen-bond donors (Lipinski definition) is 1. The molecule has 0 aromatic heterocycles. The lowest BCUT2D eigenvalue weighted by Crippen LogP contribution is -2.19. The molecule has 20 heavy (non-hydrogen) atoms. The summed E-state index contributed by atoms with van der Waals surface area (Å²) in [5.74, 6) is 1.10. The summed E-state index contributed by atoms with van der Waals surface area (Å²) in [6.45, 7) is 3.24. The summed E-state index contributed by atoms with van der Waals surface area (Å²) in [6.07, 6.45) is 8.01. The van der Waals surface area contributed by atoms with Crippen LogP contribution >= 0.6 is 11.8 Å². The van der Waals surface area contributed by atoms with Gasteiger partial charge >= 0.3 is 0 Å². The van der Waals surface area contributed by atoms with Crippen LogP contribution in [0.25, 0.3) is 0 Å². The van der Waals surface area contributed by atoms with Gasteiger partial charge in [0, 0.05) is 12.3 Å². The van der Waals surface area contributed by atoms with Crippen molar-refractivity contribution >= 4 is 16.9 Å². The number of amidine groups is 1. The van der Waals surface area contributed by atoms with Crippen LogP contribution in [-0.4, -0.2) is 17.5 Å². The van der Waals surface area contributed by atoms with Crippen LogP contribution in [0.15, 0.2) is 35.3 Å². The Balaban J connectivity index is 1.64. The van der Waals surface area contributed by atoms with Gasteiger partial charge in [0.15, 0.2) is 5.17 Å². The van der Waals surface area contributed by atoms with Gasteiger partial charge in [-0.05, 0) is 12.0 Å². The smallest absolute Gasteiger partial charge is 0.157 e. The summed E-state index contributed by atoms with van der Waals surface area (Å²) in [5, 5.41) is 4.66. The maximum absolute atomic E-state index is 4.69. The van der Waals surface area contributed by atoms with E-state index in [-0.39, 0.29) is 0 Å². The SMILES string of the molecule is CCCCCCCCN=C1NC(c2ccccc2)CS1. The van der Waals surface area contributed by atoms with Crippen molar-refractivity contribution in [3.05, 3.63) is 35.9 Å². The predicted molar refractivity (Wildman–Crippen MR) is 90.5 cm³/mol. The van der Waals surface area contributed by atoms with Crippen LogP contribution in [0, 0.1) is 0 Å². The van der Waals surface area contributed by atoms with E-state index in [0.717, 1.165) is 17.5 Å². The molecule has 0 spiro atoms. The molecule has 1 aromatic carbocycles. The van der Waals surface area contributed by atoms with Gasteiger partial charge in [-0.3, -0.25) is 4.99 Å². The van der Waals surface area contributed by atoms with Crippen molar-refractivity contribution in [1.82, 2.24) is 5.32 Å². The average Bonchev–Trinajstić information content (AvgIpc) is 2.96. The lowest BCUT2D eigenvalue weighted by atomic mass is 10.1. The van der Waals surface area contributed by atoms with Crippen molar-refractivity contribution in [2.24, 2.45) is 4.99 Å². The van der Waals surface area contributed by atoms with Gasteiger partial charge in [-0.2, -0.15) is 0 Å². The highest BCUT2D eigenvalue weighted by Gasteiger charge is 2.20. The number of nitrogens with zero attached hydrogens (tertiary/aromatic N) is 1. The Bertz CT molecular complexity index is 403. The van der Waals surface area contributed by atoms with E-state index >= 15 is 0 Å². The van der Waals surface area contributed by atoms with Crippen molar-refractivity contribution in [3.63, 3.8) is 0 Å². The fraction of sp³-hybridized carbons (Fsp3) is 0.588. The van der Waals surface area contributed by atoms with Gasteiger partial charge < -0.3 is 5.32 Å². The summed E-state index contributed by atoms with van der Waals surface area (Å²) in [7, 11) is 0. The highest BCUT2D eigenvalue weighted by molar-refractivity contribution is 8.14. The standard InChI is InChI=1S/C17H26N2S/c1-2-3-4-5-6-10-13-18-17-19-16(14-20-17)15-11-8-7-9-12-15/h7-9,11-12,16H,2-6,10,13-14H2,1H3,(H,18,19). The Morgan fingerprint density at radius 2 is 1.85 bits per heavy atom. The summed E-state index contributed by atoms with van der Waals surface area (Å²) in [6, 6.07) is 11.1. The highest BCUT2D eigenvalue weighted by Crippen LogP contribution is 2.25. The van der Waals surface area contributed by atoms with E-state index in [2.05, 4.69) is 47.6 Å². The number of hydrogen-bond acceptors (Lipinski definition) is 2. The molecule has 1 aliphatic heterocycles. The lowest BCUT2D eigenvalue weighted by molar-refractivity contribution is 0.612. The van der Waals surface area contributed by atoms with Gasteiger partial charge in [0.1, 0.15) is 0 Å². The fourth-order valence-electron chi connectivity index (χ4n) is 2.42. The summed E-state index contributed by atoms with van der Waals surface area (Å²) in [4.78, 5) is 4.69. The maximum atomic E-state index is 4.69. The van der Waals surface area contributed by atoms with Crippen LogP contribution in [0.3, 0.4) is 0 Å². The van der Waals surface area contributed by atoms with Crippen molar-refractivity contribution in [2.75, 3.05) is 12.3 Å². The minimum Gasteiger partial charge on any atom is -0.357 e. The second-order valence-electron chi connectivity index (χ2n) is 5.37. The number of unbranched alkanes of at least 4 members (excludes halogenated alkanes) is 5. The quantitative estimate of drug-likeness (QED) is 0.697. The Kier molecular flexibility index (Phi) is 6.99. The number of nitrogens with one attached hydrogen (secondary N) is 1. The molecule has 0 saturated carbocycles. The molecule has 110 valence electrons. The third-order valence-electron chi connectivity index (χ3n) is 3.65. The van der Waals surface area contributed by atoms with Crippen LogP contribution in [0.4, 0.5) is 0 Å². The largest absolute Gasteiger partial charge is 0.357 e. The zero-order valence-corrected chi connectivity index (χ0v) is 13.3. The topological polar surface area (TPSA) is 24.4 Å². The zero-order chi connectivity index (χ0) is 14.0. The second-order valence-corrected chi connectivity index (χ2v) is 6.38. The monoisotopic (exact) mass is 290 g/mol. The lowest BCUT2D eigenvalue weighted by Gasteiger charge is -2.09. The molecule has 2 rings (SSSR count). The molecular weight excluding hydrogens is 264 g/mol. The van der Waals surface area contributed by atoms with Gasteiger partial charge in [-0.25, -0.2) is 0 Å². The average molecular weight is 290 g/mol. The summed E-state index contributed by atoms with van der Waals surface area (Å²) < 4.78 is 0. The molecule has 1 N–H and O–H groups in total. The van der Waals surface area contributed by atoms with Crippen LogP contribution in [0.1, 0.15) is 57.1 Å². The van der Waals surface area contributed by atoms with E-state index in [1.165, 1.54) is 44.1 Å². The maximum Gasteiger partial charge on any atom is 0.157 e. The Morgan fingerprint density at radius 3 is 2.65 bits per heavy atom. The van der Waals surface area contributed by atoms with E-state index in [1.807, 2.05) is 11.8 Å². The number of benzene rings is 1. The van der Waals surface area contributed by atoms with E-state index in [1.54, 1.807) is 0 Å². The van der Waals surface area contributed by atoms with E-state index in [0.29, 0.717) is 6.04 Å². The van der Waals surface area contributed by atoms with Crippen LogP contribution in [0.5, 0.6) is 0 Å². The Morgan fingerprint density at radius 1 is 1.10 bits per heavy atom. The van der Waals surface area contributed by atoms with Gasteiger partial charge in [-0.15, -0.1) is 0 Å². The van der Waals surface area contributed by atoms with Crippen LogP contribution < -0.4 is 5.32 Å². The molecule has 1 aliphatic rings. The molecule has 3 heteroatoms. The summed E-state index contributed by atoms with van der Waals surface area (Å²) in [5.41, 5.74) is 1.37. The molecule has 1 atom stereocenters. The van der Waals surface area contributed by atoms with Crippen LogP contribution in [-0.2, 0) is 0 Å². The molecule has 0 amide bonds. The van der Waals surface area contributed by atoms with Gasteiger partial charge in [0.2, 0.25) is 0 Å². The van der Waals surface area contributed by atoms with Crippen molar-refractivity contribution in [3.8, 4) is 0 Å². The minimum atomic E-state index is 0.435. The number of rotatable bonds is 8. The van der Waals surface area contributed by atoms with E-state index < -0.39 is 0 Å². The first-order valence-corrected chi connectivity index (χ1v) is 8.87. The normalized spacial score (nSPS) is 20.2. The molecule has 0 bridgehead atoms. The van der Waals surface area contributed by atoms with E-state index in [4.69, 9.17) is 0 Å². The fourth-order valence-corrected chi connectivity index (χ4v) is 3.43. The van der Waals surface area contributed by atoms with Crippen molar-refractivity contribution in [1.29, 1.82) is 0 Å². The third-order valence-corrected chi connectivity index (χ3v) is 4.67. The van der Waals surface area contributed by atoms with Crippen molar-refractivity contribution < 1.29 is 0 Å². The second kappa shape index (κ2) is 9.06. The molecule has 0 radical (unpaired) electrons. The van der Waals surface area contributed by atoms with Crippen molar-refractivity contribution in [2.45, 2.75) is 51.5 Å². The molecule has 0 aliphatic carbocycles. The number of aliphatic imine (C=N–C) groups is 1. The van der Waals surface area contributed by atoms with Gasteiger partial charge in [-0.1, -0.05) is 81.1 Å². The molecular formula is C17H26N2S. The molecule has 1 unspecified atom stereocenters. The Labute approximate surface area is 127 Å². The third kappa shape index (κ3) is 5.20. The highest BCUT2D eigenvalue weighted by atomic mass is 32.2. The molecule has 1 aromatic rings. The van der Waals surface area contributed by atoms with E-state index in [9.17, 15) is 0 Å². The molecule has 1 fully saturated rings. The Hall–Kier alpha value is -0.960. The number of thioether (sulfide) groups is 1. The minimum absolute atomic E-state index is 0.435. The first-order chi connectivity index (χ1) is 9.90. The van der Waals surface area contributed by atoms with Gasteiger partial charge in [0.25, 0.3) is 0 Å². The first-order valence-electron chi connectivity index (χ1n) is 7.89. The molecule has 1 heterocycles. The van der Waals surface area contributed by atoms with Gasteiger partial charge in [0.05, 0.1) is 6.04 Å². The summed E-state index contributed by atoms with van der Waals surface area (Å²) >= 11 is 1.86. The first kappa shape index (κ1) is 15.4. The molecule has 1 saturated heterocycles. The molecule has 2 nitrogen and oxygen atoms in total. The van der Waals surface area contributed by atoms with Crippen LogP contribution in [0.2, 0.25) is 0 Å².